The zero-order chi connectivity index (χ0) is 20.3. The second kappa shape index (κ2) is 7.97. The quantitative estimate of drug-likeness (QED) is 0.613. The second-order valence-electron chi connectivity index (χ2n) is 6.42. The van der Waals surface area contributed by atoms with Gasteiger partial charge in [-0.2, -0.15) is 13.2 Å². The fraction of sp³-hybridized carbons (Fsp3) is 0.211. The third-order valence-corrected chi connectivity index (χ3v) is 4.04. The van der Waals surface area contributed by atoms with Gasteiger partial charge in [0.15, 0.2) is 5.11 Å². The van der Waals surface area contributed by atoms with Crippen molar-refractivity contribution >= 4 is 29.0 Å². The maximum absolute atomic E-state index is 12.8. The van der Waals surface area contributed by atoms with E-state index in [9.17, 15) is 13.2 Å². The van der Waals surface area contributed by atoms with E-state index in [4.69, 9.17) is 12.2 Å². The number of nitrogens with zero attached hydrogens (tertiary/aromatic N) is 3. The number of rotatable bonds is 4. The first-order valence-electron chi connectivity index (χ1n) is 8.41. The van der Waals surface area contributed by atoms with Crippen molar-refractivity contribution in [2.45, 2.75) is 26.6 Å². The van der Waals surface area contributed by atoms with E-state index < -0.39 is 11.7 Å². The normalized spacial score (nSPS) is 11.3. The van der Waals surface area contributed by atoms with Crippen LogP contribution in [0.15, 0.2) is 48.8 Å². The van der Waals surface area contributed by atoms with E-state index in [1.165, 1.54) is 17.1 Å². The summed E-state index contributed by atoms with van der Waals surface area (Å²) in [7, 11) is 0. The second-order valence-corrected chi connectivity index (χ2v) is 6.83. The molecule has 0 aliphatic heterocycles. The molecule has 9 heteroatoms. The fourth-order valence-electron chi connectivity index (χ4n) is 2.77. The van der Waals surface area contributed by atoms with Gasteiger partial charge < -0.3 is 5.32 Å². The van der Waals surface area contributed by atoms with E-state index in [0.29, 0.717) is 10.7 Å². The number of aromatic nitrogens is 3. The molecule has 0 radical (unpaired) electrons. The van der Waals surface area contributed by atoms with Crippen molar-refractivity contribution in [1.29, 1.82) is 0 Å². The van der Waals surface area contributed by atoms with E-state index in [1.54, 1.807) is 6.07 Å². The lowest BCUT2D eigenvalue weighted by Gasteiger charge is -2.10. The van der Waals surface area contributed by atoms with Crippen LogP contribution in [0, 0.1) is 13.8 Å². The van der Waals surface area contributed by atoms with Gasteiger partial charge in [-0.25, -0.2) is 9.67 Å². The number of benzene rings is 2. The molecule has 0 amide bonds. The molecular weight excluding hydrogens is 387 g/mol. The highest BCUT2D eigenvalue weighted by atomic mass is 32.1. The molecule has 146 valence electrons. The smallest absolute Gasteiger partial charge is 0.332 e. The summed E-state index contributed by atoms with van der Waals surface area (Å²) in [6.45, 7) is 4.15. The molecular formula is C19H18F3N5S. The van der Waals surface area contributed by atoms with Gasteiger partial charge in [-0.1, -0.05) is 18.2 Å². The minimum atomic E-state index is -4.38. The van der Waals surface area contributed by atoms with Gasteiger partial charge in [0.2, 0.25) is 5.95 Å². The van der Waals surface area contributed by atoms with Gasteiger partial charge in [0.1, 0.15) is 6.33 Å². The van der Waals surface area contributed by atoms with Crippen LogP contribution in [0.3, 0.4) is 0 Å². The summed E-state index contributed by atoms with van der Waals surface area (Å²) in [4.78, 5) is 4.09. The van der Waals surface area contributed by atoms with Crippen molar-refractivity contribution in [2.75, 3.05) is 10.6 Å². The molecule has 0 saturated carbocycles. The van der Waals surface area contributed by atoms with Crippen molar-refractivity contribution < 1.29 is 13.2 Å². The van der Waals surface area contributed by atoms with E-state index in [0.717, 1.165) is 28.9 Å². The topological polar surface area (TPSA) is 54.8 Å². The molecule has 2 N–H and O–H groups in total. The largest absolute Gasteiger partial charge is 0.416 e. The molecule has 28 heavy (non-hydrogen) atoms. The van der Waals surface area contributed by atoms with E-state index in [1.807, 2.05) is 26.0 Å². The Balaban J connectivity index is 1.63. The summed E-state index contributed by atoms with van der Waals surface area (Å²) >= 11 is 5.27. The van der Waals surface area contributed by atoms with E-state index in [-0.39, 0.29) is 12.5 Å². The van der Waals surface area contributed by atoms with Crippen LogP contribution in [0.1, 0.15) is 22.3 Å². The molecule has 0 aliphatic rings. The Morgan fingerprint density at radius 1 is 1.07 bits per heavy atom. The van der Waals surface area contributed by atoms with Gasteiger partial charge in [-0.15, -0.1) is 5.10 Å². The zero-order valence-electron chi connectivity index (χ0n) is 15.2. The maximum atomic E-state index is 12.8. The average Bonchev–Trinajstić information content (AvgIpc) is 3.00. The number of halogens is 3. The first-order chi connectivity index (χ1) is 13.2. The van der Waals surface area contributed by atoms with Gasteiger partial charge in [0.25, 0.3) is 0 Å². The van der Waals surface area contributed by atoms with Gasteiger partial charge in [-0.3, -0.25) is 5.32 Å². The maximum Gasteiger partial charge on any atom is 0.416 e. The number of alkyl halides is 3. The van der Waals surface area contributed by atoms with Crippen molar-refractivity contribution in [3.63, 3.8) is 0 Å². The Bertz CT molecular complexity index is 977. The SMILES string of the molecule is Cc1cc(C)cc(NC(=S)Nc2ncn(Cc3cccc(C(F)(F)F)c3)n2)c1. The lowest BCUT2D eigenvalue weighted by Crippen LogP contribution is -2.20. The molecule has 0 unspecified atom stereocenters. The molecule has 0 spiro atoms. The third-order valence-electron chi connectivity index (χ3n) is 3.84. The Morgan fingerprint density at radius 3 is 2.46 bits per heavy atom. The third kappa shape index (κ3) is 5.29. The molecule has 0 atom stereocenters. The summed E-state index contributed by atoms with van der Waals surface area (Å²) in [5.41, 5.74) is 2.84. The number of hydrogen-bond donors (Lipinski definition) is 2. The minimum absolute atomic E-state index is 0.163. The number of hydrogen-bond acceptors (Lipinski definition) is 3. The van der Waals surface area contributed by atoms with E-state index in [2.05, 4.69) is 26.8 Å². The predicted octanol–water partition coefficient (Wildman–Crippen LogP) is 4.77. The van der Waals surface area contributed by atoms with Crippen LogP contribution < -0.4 is 10.6 Å². The Hall–Kier alpha value is -2.94. The average molecular weight is 405 g/mol. The van der Waals surface area contributed by atoms with Crippen LogP contribution in [0.5, 0.6) is 0 Å². The molecule has 1 aromatic heterocycles. The monoisotopic (exact) mass is 405 g/mol. The summed E-state index contributed by atoms with van der Waals surface area (Å²) in [6, 6.07) is 11.1. The van der Waals surface area contributed by atoms with Crippen LogP contribution in [0.4, 0.5) is 24.8 Å². The first-order valence-corrected chi connectivity index (χ1v) is 8.82. The highest BCUT2D eigenvalue weighted by Gasteiger charge is 2.30. The Kier molecular flexibility index (Phi) is 5.64. The Morgan fingerprint density at radius 2 is 1.79 bits per heavy atom. The van der Waals surface area contributed by atoms with E-state index >= 15 is 0 Å². The molecule has 0 saturated heterocycles. The number of nitrogens with one attached hydrogen (secondary N) is 2. The fourth-order valence-corrected chi connectivity index (χ4v) is 2.98. The highest BCUT2D eigenvalue weighted by molar-refractivity contribution is 7.80. The molecule has 3 aromatic rings. The number of aryl methyl sites for hydroxylation is 2. The molecule has 0 fully saturated rings. The van der Waals surface area contributed by atoms with Gasteiger partial charge >= 0.3 is 6.18 Å². The molecule has 0 aliphatic carbocycles. The number of thiocarbonyl (C=S) groups is 1. The molecule has 1 heterocycles. The molecule has 2 aromatic carbocycles. The minimum Gasteiger partial charge on any atom is -0.332 e. The summed E-state index contributed by atoms with van der Waals surface area (Å²) in [5, 5.41) is 10.5. The standard InChI is InChI=1S/C19H18F3N5S/c1-12-6-13(2)8-16(7-12)24-18(28)25-17-23-11-27(26-17)10-14-4-3-5-15(9-14)19(20,21)22/h3-9,11H,10H2,1-2H3,(H2,24,25,26,28). The van der Waals surface area contributed by atoms with Crippen LogP contribution in [0.25, 0.3) is 0 Å². The summed E-state index contributed by atoms with van der Waals surface area (Å²) in [5.74, 6) is 0.258. The van der Waals surface area contributed by atoms with Crippen molar-refractivity contribution in [3.05, 3.63) is 71.0 Å². The summed E-state index contributed by atoms with van der Waals surface area (Å²) in [6.07, 6.45) is -2.95. The highest BCUT2D eigenvalue weighted by Crippen LogP contribution is 2.29. The van der Waals surface area contributed by atoms with Crippen LogP contribution in [-0.2, 0) is 12.7 Å². The lowest BCUT2D eigenvalue weighted by atomic mass is 10.1. The van der Waals surface area contributed by atoms with Crippen LogP contribution >= 0.6 is 12.2 Å². The Labute approximate surface area is 165 Å². The van der Waals surface area contributed by atoms with Crippen molar-refractivity contribution in [2.24, 2.45) is 0 Å². The molecule has 3 rings (SSSR count). The van der Waals surface area contributed by atoms with Crippen LogP contribution in [0.2, 0.25) is 0 Å². The lowest BCUT2D eigenvalue weighted by molar-refractivity contribution is -0.137. The van der Waals surface area contributed by atoms with Crippen molar-refractivity contribution in [3.8, 4) is 0 Å². The number of anilines is 2. The van der Waals surface area contributed by atoms with Gasteiger partial charge in [0, 0.05) is 5.69 Å². The van der Waals surface area contributed by atoms with Crippen molar-refractivity contribution in [1.82, 2.24) is 14.8 Å². The molecule has 5 nitrogen and oxygen atoms in total. The van der Waals surface area contributed by atoms with Crippen LogP contribution in [-0.4, -0.2) is 19.9 Å². The molecule has 0 bridgehead atoms. The zero-order valence-corrected chi connectivity index (χ0v) is 16.0. The van der Waals surface area contributed by atoms with Gasteiger partial charge in [-0.05, 0) is 67.0 Å². The summed E-state index contributed by atoms with van der Waals surface area (Å²) < 4.78 is 39.9. The predicted molar refractivity (Wildman–Crippen MR) is 106 cm³/mol. The first kappa shape index (κ1) is 19.8. The van der Waals surface area contributed by atoms with Gasteiger partial charge in [0.05, 0.1) is 12.1 Å².